The van der Waals surface area contributed by atoms with Gasteiger partial charge in [-0.1, -0.05) is 19.1 Å². The third-order valence-electron chi connectivity index (χ3n) is 10.7. The number of fused-ring (bicyclic) bond motifs is 3. The fourth-order valence-electron chi connectivity index (χ4n) is 8.28. The molecular weight excluding hydrogens is 645 g/mol. The van der Waals surface area contributed by atoms with Crippen LogP contribution in [0, 0.1) is 23.0 Å². The number of piperazine rings is 1. The lowest BCUT2D eigenvalue weighted by Gasteiger charge is -2.43. The van der Waals surface area contributed by atoms with E-state index in [1.165, 1.54) is 24.4 Å². The molecule has 258 valence electrons. The maximum atomic E-state index is 17.0. The summed E-state index contributed by atoms with van der Waals surface area (Å²) in [4.78, 5) is 20.1. The molecule has 8 rings (SSSR count). The fourth-order valence-corrected chi connectivity index (χ4v) is 8.28. The summed E-state index contributed by atoms with van der Waals surface area (Å²) in [5.41, 5.74) is -0.928. The van der Waals surface area contributed by atoms with Crippen molar-refractivity contribution in [1.29, 1.82) is 5.26 Å². The van der Waals surface area contributed by atoms with Gasteiger partial charge < -0.3 is 20.1 Å². The van der Waals surface area contributed by atoms with Crippen molar-refractivity contribution in [3.63, 3.8) is 0 Å². The van der Waals surface area contributed by atoms with Crippen molar-refractivity contribution in [3.05, 3.63) is 72.1 Å². The Hall–Kier alpha value is -4.93. The molecule has 0 bridgehead atoms. The summed E-state index contributed by atoms with van der Waals surface area (Å²) in [6.07, 6.45) is 10.3. The molecule has 4 aliphatic rings. The first-order valence-electron chi connectivity index (χ1n) is 17.1. The third-order valence-corrected chi connectivity index (χ3v) is 10.7. The van der Waals surface area contributed by atoms with E-state index in [4.69, 9.17) is 9.72 Å². The maximum Gasteiger partial charge on any atom is 0.319 e. The summed E-state index contributed by atoms with van der Waals surface area (Å²) in [6, 6.07) is 8.16. The first kappa shape index (κ1) is 32.3. The Labute approximate surface area is 287 Å². The van der Waals surface area contributed by atoms with Crippen molar-refractivity contribution in [2.45, 2.75) is 50.0 Å². The minimum atomic E-state index is -0.978. The Morgan fingerprint density at radius 3 is 2.70 bits per heavy atom. The van der Waals surface area contributed by atoms with Gasteiger partial charge in [0.2, 0.25) is 0 Å². The van der Waals surface area contributed by atoms with Gasteiger partial charge in [0.15, 0.2) is 11.5 Å². The van der Waals surface area contributed by atoms with Gasteiger partial charge in [0.25, 0.3) is 0 Å². The van der Waals surface area contributed by atoms with Crippen LogP contribution in [0.5, 0.6) is 11.8 Å². The minimum absolute atomic E-state index is 0.0329. The number of phenolic OH excluding ortho intramolecular Hbond substituents is 1. The Bertz CT molecular complexity index is 2100. The minimum Gasteiger partial charge on any atom is -0.508 e. The molecule has 0 aliphatic carbocycles. The SMILES string of the molecule is CCc1c(F)ccc2cc(O)cc(-c3ncc4c(N5CCN(C6(C#N)C=CC=CN6)CC5)nc(OC[C@@]56CCCN5C[C@H](F)C6)nc4c3F)c12. The smallest absolute Gasteiger partial charge is 0.319 e. The third kappa shape index (κ3) is 5.29. The number of aromatic nitrogens is 3. The van der Waals surface area contributed by atoms with Gasteiger partial charge >= 0.3 is 6.01 Å². The molecule has 0 radical (unpaired) electrons. The van der Waals surface area contributed by atoms with Crippen LogP contribution < -0.4 is 15.0 Å². The number of dihydropyridines is 1. The predicted octanol–water partition coefficient (Wildman–Crippen LogP) is 5.36. The summed E-state index contributed by atoms with van der Waals surface area (Å²) in [7, 11) is 0. The van der Waals surface area contributed by atoms with Crippen LogP contribution in [0.3, 0.4) is 0 Å². The number of nitriles is 1. The molecule has 1 unspecified atom stereocenters. The second-order valence-corrected chi connectivity index (χ2v) is 13.6. The van der Waals surface area contributed by atoms with Crippen LogP contribution in [-0.4, -0.2) is 93.1 Å². The van der Waals surface area contributed by atoms with Gasteiger partial charge in [0, 0.05) is 50.9 Å². The second kappa shape index (κ2) is 12.4. The topological polar surface area (TPSA) is 114 Å². The highest BCUT2D eigenvalue weighted by Crippen LogP contribution is 2.42. The molecule has 3 atom stereocenters. The van der Waals surface area contributed by atoms with Gasteiger partial charge in [-0.2, -0.15) is 15.2 Å². The normalized spacial score (nSPS) is 25.3. The van der Waals surface area contributed by atoms with Gasteiger partial charge in [0.1, 0.15) is 47.4 Å². The molecule has 4 aliphatic heterocycles. The average Bonchev–Trinajstić information content (AvgIpc) is 3.66. The Morgan fingerprint density at radius 2 is 1.94 bits per heavy atom. The summed E-state index contributed by atoms with van der Waals surface area (Å²) < 4.78 is 52.8. The number of phenols is 1. The van der Waals surface area contributed by atoms with Crippen LogP contribution in [-0.2, 0) is 6.42 Å². The number of anilines is 1. The molecule has 0 amide bonds. The number of nitrogens with zero attached hydrogens (tertiary/aromatic N) is 7. The number of hydrogen-bond donors (Lipinski definition) is 2. The van der Waals surface area contributed by atoms with Gasteiger partial charge in [-0.3, -0.25) is 14.8 Å². The summed E-state index contributed by atoms with van der Waals surface area (Å²) in [5.74, 6) is -0.866. The number of halogens is 3. The van der Waals surface area contributed by atoms with E-state index < -0.39 is 29.0 Å². The first-order chi connectivity index (χ1) is 24.2. The number of alkyl halides is 1. The lowest BCUT2D eigenvalue weighted by Crippen LogP contribution is -2.61. The maximum absolute atomic E-state index is 17.0. The van der Waals surface area contributed by atoms with Crippen LogP contribution in [0.4, 0.5) is 19.0 Å². The number of aromatic hydroxyl groups is 1. The van der Waals surface area contributed by atoms with E-state index in [2.05, 4.69) is 26.3 Å². The van der Waals surface area contributed by atoms with E-state index in [0.29, 0.717) is 73.1 Å². The molecule has 50 heavy (non-hydrogen) atoms. The van der Waals surface area contributed by atoms with Crippen LogP contribution in [0.2, 0.25) is 0 Å². The highest BCUT2D eigenvalue weighted by molar-refractivity contribution is 6.01. The largest absolute Gasteiger partial charge is 0.508 e. The molecule has 0 saturated carbocycles. The number of allylic oxidation sites excluding steroid dienone is 2. The van der Waals surface area contributed by atoms with E-state index in [9.17, 15) is 14.8 Å². The van der Waals surface area contributed by atoms with Gasteiger partial charge in [-0.05, 0) is 78.7 Å². The first-order valence-corrected chi connectivity index (χ1v) is 17.1. The molecule has 2 aromatic heterocycles. The van der Waals surface area contributed by atoms with Gasteiger partial charge in [-0.25, -0.2) is 13.2 Å². The number of rotatable bonds is 7. The Morgan fingerprint density at radius 1 is 1.10 bits per heavy atom. The standard InChI is InChI=1S/C37H37F3N8O2/c1-2-26-29(39)7-6-23-16-25(49)17-27(30(23)26)32-31(40)33-28(19-42-32)34(46-12-14-47(15-13-46)37(21-41)9-3-4-10-43-37)45-35(44-33)50-22-36-8-5-11-48(36)20-24(38)18-36/h3-4,6-7,9-10,16-17,19,24,43,49H,2,5,8,11-15,18,20,22H2,1H3/t24-,36+,37?/m1/s1. The fraction of sp³-hybridized carbons (Fsp3) is 0.405. The van der Waals surface area contributed by atoms with Crippen LogP contribution in [0.1, 0.15) is 31.7 Å². The van der Waals surface area contributed by atoms with Crippen molar-refractivity contribution >= 4 is 27.5 Å². The highest BCUT2D eigenvalue weighted by atomic mass is 19.1. The van der Waals surface area contributed by atoms with E-state index in [-0.39, 0.29) is 35.1 Å². The highest BCUT2D eigenvalue weighted by Gasteiger charge is 2.49. The lowest BCUT2D eigenvalue weighted by molar-refractivity contribution is 0.107. The van der Waals surface area contributed by atoms with Crippen molar-refractivity contribution in [1.82, 2.24) is 30.1 Å². The molecular formula is C37H37F3N8O2. The molecule has 3 saturated heterocycles. The number of nitrogens with one attached hydrogen (secondary N) is 1. The van der Waals surface area contributed by atoms with Crippen LogP contribution in [0.15, 0.2) is 54.9 Å². The number of benzene rings is 2. The van der Waals surface area contributed by atoms with Crippen molar-refractivity contribution in [2.75, 3.05) is 50.8 Å². The van der Waals surface area contributed by atoms with Crippen molar-refractivity contribution < 1.29 is 23.0 Å². The quantitative estimate of drug-likeness (QED) is 0.264. The number of ether oxygens (including phenoxy) is 1. The zero-order valence-corrected chi connectivity index (χ0v) is 27.7. The van der Waals surface area contributed by atoms with Crippen molar-refractivity contribution in [3.8, 4) is 29.1 Å². The molecule has 6 heterocycles. The Balaban J connectivity index is 1.21. The van der Waals surface area contributed by atoms with Crippen molar-refractivity contribution in [2.24, 2.45) is 0 Å². The average molecular weight is 683 g/mol. The molecule has 10 nitrogen and oxygen atoms in total. The molecule has 2 N–H and O–H groups in total. The monoisotopic (exact) mass is 682 g/mol. The van der Waals surface area contributed by atoms with E-state index in [1.807, 2.05) is 35.0 Å². The molecule has 0 spiro atoms. The molecule has 3 fully saturated rings. The summed E-state index contributed by atoms with van der Waals surface area (Å²) >= 11 is 0. The number of hydrogen-bond acceptors (Lipinski definition) is 10. The van der Waals surface area contributed by atoms with Crippen LogP contribution >= 0.6 is 0 Å². The lowest BCUT2D eigenvalue weighted by atomic mass is 9.94. The number of aryl methyl sites for hydroxylation is 1. The molecule has 2 aromatic carbocycles. The second-order valence-electron chi connectivity index (χ2n) is 13.6. The molecule has 4 aromatic rings. The zero-order chi connectivity index (χ0) is 34.6. The summed E-state index contributed by atoms with van der Waals surface area (Å²) in [6.45, 7) is 5.09. The Kier molecular flexibility index (Phi) is 8.03. The van der Waals surface area contributed by atoms with E-state index in [0.717, 1.165) is 19.4 Å². The van der Waals surface area contributed by atoms with Crippen LogP contribution in [0.25, 0.3) is 32.9 Å². The predicted molar refractivity (Wildman–Crippen MR) is 183 cm³/mol. The van der Waals surface area contributed by atoms with Gasteiger partial charge in [0.05, 0.1) is 10.9 Å². The van der Waals surface area contributed by atoms with E-state index in [1.54, 1.807) is 12.3 Å². The summed E-state index contributed by atoms with van der Waals surface area (Å²) in [5, 5.41) is 25.2. The molecule has 13 heteroatoms. The van der Waals surface area contributed by atoms with E-state index >= 15 is 8.78 Å². The zero-order valence-electron chi connectivity index (χ0n) is 27.7. The van der Waals surface area contributed by atoms with Gasteiger partial charge in [-0.15, -0.1) is 0 Å². The number of pyridine rings is 1.